The van der Waals surface area contributed by atoms with Gasteiger partial charge in [-0.15, -0.1) is 0 Å². The first-order valence-corrected chi connectivity index (χ1v) is 13.1. The maximum atomic E-state index is 13.2. The first-order chi connectivity index (χ1) is 18.6. The van der Waals surface area contributed by atoms with Gasteiger partial charge in [-0.2, -0.15) is 13.2 Å². The van der Waals surface area contributed by atoms with E-state index < -0.39 is 22.9 Å². The Kier molecular flexibility index (Phi) is 7.35. The van der Waals surface area contributed by atoms with E-state index in [1.165, 1.54) is 57.8 Å². The predicted octanol–water partition coefficient (Wildman–Crippen LogP) is 5.03. The number of ether oxygens (including phenoxy) is 2. The van der Waals surface area contributed by atoms with Gasteiger partial charge in [-0.25, -0.2) is 0 Å². The second-order valence-electron chi connectivity index (χ2n) is 10.6. The third kappa shape index (κ3) is 4.77. The summed E-state index contributed by atoms with van der Waals surface area (Å²) in [6.45, 7) is 4.93. The average Bonchev–Trinajstić information content (AvgIpc) is 3.38. The molecule has 0 amide bonds. The summed E-state index contributed by atoms with van der Waals surface area (Å²) in [5.74, 6) is 0.484. The Morgan fingerprint density at radius 1 is 0.949 bits per heavy atom. The molecule has 3 heterocycles. The van der Waals surface area contributed by atoms with Gasteiger partial charge in [-0.1, -0.05) is 42.5 Å². The first kappa shape index (κ1) is 27.4. The molecule has 3 atom stereocenters. The van der Waals surface area contributed by atoms with Crippen LogP contribution in [0.15, 0.2) is 67.0 Å². The second kappa shape index (κ2) is 10.4. The number of piperazine rings is 1. The fraction of sp³-hybridized carbons (Fsp3) is 0.433. The van der Waals surface area contributed by atoms with E-state index in [0.717, 1.165) is 17.7 Å². The number of pyridine rings is 1. The molecule has 6 nitrogen and oxygen atoms in total. The van der Waals surface area contributed by atoms with Crippen LogP contribution >= 0.6 is 0 Å². The van der Waals surface area contributed by atoms with Crippen molar-refractivity contribution in [1.82, 2.24) is 14.8 Å². The summed E-state index contributed by atoms with van der Waals surface area (Å²) >= 11 is 0. The zero-order valence-electron chi connectivity index (χ0n) is 22.4. The van der Waals surface area contributed by atoms with Gasteiger partial charge in [0.2, 0.25) is 0 Å². The molecule has 1 saturated heterocycles. The predicted molar refractivity (Wildman–Crippen MR) is 142 cm³/mol. The Labute approximate surface area is 227 Å². The normalized spacial score (nSPS) is 26.7. The Bertz CT molecular complexity index is 1270. The van der Waals surface area contributed by atoms with Crippen molar-refractivity contribution in [3.63, 3.8) is 0 Å². The molecule has 2 fully saturated rings. The number of nitrogens with zero attached hydrogens (tertiary/aromatic N) is 3. The van der Waals surface area contributed by atoms with Crippen LogP contribution in [0.25, 0.3) is 0 Å². The highest BCUT2D eigenvalue weighted by atomic mass is 19.4. The minimum absolute atomic E-state index is 0.285. The van der Waals surface area contributed by atoms with Crippen molar-refractivity contribution in [2.24, 2.45) is 0 Å². The third-order valence-electron chi connectivity index (χ3n) is 8.25. The average molecular weight is 542 g/mol. The molecule has 2 aliphatic heterocycles. The van der Waals surface area contributed by atoms with Crippen LogP contribution in [0.4, 0.5) is 13.2 Å². The number of alkyl halides is 3. The van der Waals surface area contributed by atoms with E-state index in [9.17, 15) is 18.3 Å². The number of fused-ring (bicyclic) bond motifs is 3. The molecular formula is C30H34F3N3O3. The SMILES string of the molecule is CN1CCN(C)CC1.COc1cncc2c1C1(O)CCC(c3ccccc3)C1(c1ccc(C(F)(F)F)cc1)O2. The van der Waals surface area contributed by atoms with E-state index in [4.69, 9.17) is 9.47 Å². The van der Waals surface area contributed by atoms with Crippen LogP contribution in [0, 0.1) is 0 Å². The Hall–Kier alpha value is -3.14. The molecule has 3 aromatic rings. The van der Waals surface area contributed by atoms with Crippen LogP contribution in [0.1, 0.15) is 41.0 Å². The monoisotopic (exact) mass is 541 g/mol. The van der Waals surface area contributed by atoms with Crippen molar-refractivity contribution in [3.05, 3.63) is 89.2 Å². The van der Waals surface area contributed by atoms with Gasteiger partial charge in [0.1, 0.15) is 17.1 Å². The summed E-state index contributed by atoms with van der Waals surface area (Å²) in [6.07, 6.45) is -0.470. The summed E-state index contributed by atoms with van der Waals surface area (Å²) in [4.78, 5) is 8.87. The maximum absolute atomic E-state index is 13.2. The van der Waals surface area contributed by atoms with E-state index >= 15 is 0 Å². The number of hydrogen-bond donors (Lipinski definition) is 1. The molecule has 2 aromatic carbocycles. The molecule has 1 aromatic heterocycles. The largest absolute Gasteiger partial charge is 0.495 e. The molecule has 9 heteroatoms. The van der Waals surface area contributed by atoms with Crippen LogP contribution in [-0.2, 0) is 17.4 Å². The lowest BCUT2D eigenvalue weighted by molar-refractivity contribution is -0.137. The van der Waals surface area contributed by atoms with Crippen molar-refractivity contribution < 1.29 is 27.8 Å². The lowest BCUT2D eigenvalue weighted by Gasteiger charge is -2.40. The number of halogens is 3. The van der Waals surface area contributed by atoms with Crippen molar-refractivity contribution in [1.29, 1.82) is 0 Å². The zero-order chi connectivity index (χ0) is 27.8. The smallest absolute Gasteiger partial charge is 0.416 e. The molecular weight excluding hydrogens is 507 g/mol. The molecule has 1 aliphatic carbocycles. The van der Waals surface area contributed by atoms with Crippen molar-refractivity contribution >= 4 is 0 Å². The molecule has 208 valence electrons. The highest BCUT2D eigenvalue weighted by molar-refractivity contribution is 5.57. The van der Waals surface area contributed by atoms with Gasteiger partial charge in [0.25, 0.3) is 0 Å². The number of benzene rings is 2. The van der Waals surface area contributed by atoms with Crippen molar-refractivity contribution in [2.45, 2.75) is 36.1 Å². The van der Waals surface area contributed by atoms with Gasteiger partial charge >= 0.3 is 6.18 Å². The van der Waals surface area contributed by atoms with Gasteiger partial charge < -0.3 is 24.4 Å². The minimum Gasteiger partial charge on any atom is -0.495 e. The third-order valence-corrected chi connectivity index (χ3v) is 8.25. The van der Waals surface area contributed by atoms with Gasteiger partial charge in [-0.3, -0.25) is 4.98 Å². The van der Waals surface area contributed by atoms with Gasteiger partial charge in [-0.05, 0) is 50.2 Å². The maximum Gasteiger partial charge on any atom is 0.416 e. The highest BCUT2D eigenvalue weighted by Gasteiger charge is 2.69. The number of hydrogen-bond acceptors (Lipinski definition) is 6. The summed E-state index contributed by atoms with van der Waals surface area (Å²) in [5.41, 5.74) is -1.64. The topological polar surface area (TPSA) is 58.1 Å². The van der Waals surface area contributed by atoms with Gasteiger partial charge in [0.15, 0.2) is 5.60 Å². The standard InChI is InChI=1S/C24H20F3NO3.C6H14N2/c1-30-19-13-28-14-20-21(19)22(29)12-11-18(15-5-3-2-4-6-15)23(22,31-20)16-7-9-17(10-8-16)24(25,26)27;1-7-3-5-8(2)6-4-7/h2-10,13-14,18,29H,11-12H2,1H3;3-6H2,1-2H3. The summed E-state index contributed by atoms with van der Waals surface area (Å²) in [6, 6.07) is 14.5. The van der Waals surface area contributed by atoms with E-state index in [0.29, 0.717) is 35.5 Å². The van der Waals surface area contributed by atoms with Gasteiger partial charge in [0.05, 0.1) is 30.6 Å². The molecule has 0 spiro atoms. The number of aliphatic hydroxyl groups is 1. The Morgan fingerprint density at radius 2 is 1.56 bits per heavy atom. The van der Waals surface area contributed by atoms with Crippen LogP contribution in [0.3, 0.4) is 0 Å². The molecule has 0 bridgehead atoms. The fourth-order valence-electron chi connectivity index (χ4n) is 6.13. The Balaban J connectivity index is 0.000000332. The quantitative estimate of drug-likeness (QED) is 0.502. The first-order valence-electron chi connectivity index (χ1n) is 13.1. The number of likely N-dealkylation sites (N-methyl/N-ethyl adjacent to an activating group) is 2. The molecule has 3 unspecified atom stereocenters. The number of rotatable bonds is 3. The second-order valence-corrected chi connectivity index (χ2v) is 10.6. The molecule has 1 saturated carbocycles. The van der Waals surface area contributed by atoms with E-state index in [-0.39, 0.29) is 5.92 Å². The zero-order valence-corrected chi connectivity index (χ0v) is 22.4. The minimum atomic E-state index is -4.45. The summed E-state index contributed by atoms with van der Waals surface area (Å²) in [7, 11) is 5.84. The summed E-state index contributed by atoms with van der Waals surface area (Å²) < 4.78 is 51.5. The highest BCUT2D eigenvalue weighted by Crippen LogP contribution is 2.67. The van der Waals surface area contributed by atoms with E-state index in [2.05, 4.69) is 28.9 Å². The lowest BCUT2D eigenvalue weighted by atomic mass is 9.71. The Morgan fingerprint density at radius 3 is 2.13 bits per heavy atom. The molecule has 0 radical (unpaired) electrons. The van der Waals surface area contributed by atoms with Crippen molar-refractivity contribution in [3.8, 4) is 11.5 Å². The number of methoxy groups -OCH3 is 1. The number of aromatic nitrogens is 1. The van der Waals surface area contributed by atoms with Crippen LogP contribution in [0.2, 0.25) is 0 Å². The molecule has 3 aliphatic rings. The van der Waals surface area contributed by atoms with Crippen molar-refractivity contribution in [2.75, 3.05) is 47.4 Å². The van der Waals surface area contributed by atoms with Crippen LogP contribution in [-0.4, -0.2) is 67.3 Å². The molecule has 6 rings (SSSR count). The molecule has 1 N–H and O–H groups in total. The summed E-state index contributed by atoms with van der Waals surface area (Å²) in [5, 5.41) is 12.1. The molecule has 39 heavy (non-hydrogen) atoms. The van der Waals surface area contributed by atoms with E-state index in [1.54, 1.807) is 0 Å². The van der Waals surface area contributed by atoms with Crippen LogP contribution in [0.5, 0.6) is 11.5 Å². The fourth-order valence-corrected chi connectivity index (χ4v) is 6.13. The van der Waals surface area contributed by atoms with E-state index in [1.807, 2.05) is 30.3 Å². The van der Waals surface area contributed by atoms with Gasteiger partial charge in [0, 0.05) is 32.1 Å². The van der Waals surface area contributed by atoms with Crippen LogP contribution < -0.4 is 9.47 Å². The lowest BCUT2D eigenvalue weighted by Crippen LogP contribution is -2.48.